The average molecular weight is 371 g/mol. The highest BCUT2D eigenvalue weighted by Gasteiger charge is 2.30. The predicted octanol–water partition coefficient (Wildman–Crippen LogP) is 2.80. The molecule has 1 saturated heterocycles. The monoisotopic (exact) mass is 371 g/mol. The summed E-state index contributed by atoms with van der Waals surface area (Å²) < 4.78 is 16.7. The van der Waals surface area contributed by atoms with Gasteiger partial charge in [0, 0.05) is 6.54 Å². The van der Waals surface area contributed by atoms with Crippen LogP contribution in [0.15, 0.2) is 48.5 Å². The van der Waals surface area contributed by atoms with Crippen molar-refractivity contribution in [3.05, 3.63) is 54.1 Å². The van der Waals surface area contributed by atoms with E-state index >= 15 is 0 Å². The molecule has 27 heavy (non-hydrogen) atoms. The molecule has 0 radical (unpaired) electrons. The molecule has 2 aromatic carbocycles. The lowest BCUT2D eigenvalue weighted by atomic mass is 10.1. The number of hydrogen-bond acceptors (Lipinski definition) is 5. The summed E-state index contributed by atoms with van der Waals surface area (Å²) in [5.41, 5.74) is 0.356. The van der Waals surface area contributed by atoms with E-state index in [1.807, 2.05) is 19.1 Å². The van der Waals surface area contributed by atoms with Crippen LogP contribution in [-0.4, -0.2) is 54.3 Å². The number of morpholine rings is 1. The number of hydrogen-bond donors (Lipinski definition) is 1. The molecule has 1 atom stereocenters. The Kier molecular flexibility index (Phi) is 5.93. The zero-order chi connectivity index (χ0) is 19.2. The van der Waals surface area contributed by atoms with Crippen molar-refractivity contribution in [2.45, 2.75) is 13.0 Å². The highest BCUT2D eigenvalue weighted by Crippen LogP contribution is 2.33. The predicted molar refractivity (Wildman–Crippen MR) is 97.4 cm³/mol. The van der Waals surface area contributed by atoms with Crippen molar-refractivity contribution >= 4 is 11.9 Å². The Bertz CT molecular complexity index is 822. The molecule has 3 rings (SSSR count). The minimum atomic E-state index is -1.08. The summed E-state index contributed by atoms with van der Waals surface area (Å²) in [5.74, 6) is 0.0919. The van der Waals surface area contributed by atoms with Crippen LogP contribution in [0.4, 0.5) is 0 Å². The van der Waals surface area contributed by atoms with E-state index in [1.165, 1.54) is 4.90 Å². The van der Waals surface area contributed by atoms with Gasteiger partial charge in [0.1, 0.15) is 5.75 Å². The maximum Gasteiger partial charge on any atom is 0.334 e. The highest BCUT2D eigenvalue weighted by atomic mass is 16.5. The van der Waals surface area contributed by atoms with Crippen LogP contribution in [0.1, 0.15) is 17.3 Å². The van der Waals surface area contributed by atoms with Gasteiger partial charge >= 0.3 is 5.97 Å². The lowest BCUT2D eigenvalue weighted by molar-refractivity contribution is -0.154. The minimum absolute atomic E-state index is 0.00195. The first-order valence-corrected chi connectivity index (χ1v) is 8.72. The molecule has 7 heteroatoms. The van der Waals surface area contributed by atoms with Gasteiger partial charge in [0.2, 0.25) is 0 Å². The summed E-state index contributed by atoms with van der Waals surface area (Å²) in [5, 5.41) is 9.14. The van der Waals surface area contributed by atoms with Crippen LogP contribution in [0.3, 0.4) is 0 Å². The minimum Gasteiger partial charge on any atom is -0.490 e. The Labute approximate surface area is 157 Å². The number of carboxylic acids is 1. The van der Waals surface area contributed by atoms with Crippen LogP contribution in [0.25, 0.3) is 0 Å². The van der Waals surface area contributed by atoms with Crippen molar-refractivity contribution in [3.63, 3.8) is 0 Å². The molecule has 1 N–H and O–H groups in total. The van der Waals surface area contributed by atoms with Gasteiger partial charge in [0.25, 0.3) is 5.91 Å². The number of ether oxygens (including phenoxy) is 3. The third kappa shape index (κ3) is 4.38. The van der Waals surface area contributed by atoms with E-state index in [-0.39, 0.29) is 19.1 Å². The maximum absolute atomic E-state index is 13.0. The summed E-state index contributed by atoms with van der Waals surface area (Å²) in [6.45, 7) is 2.88. The van der Waals surface area contributed by atoms with Crippen LogP contribution >= 0.6 is 0 Å². The van der Waals surface area contributed by atoms with Crippen molar-refractivity contribution in [2.75, 3.05) is 26.3 Å². The van der Waals surface area contributed by atoms with E-state index < -0.39 is 12.1 Å². The average Bonchev–Trinajstić information content (AvgIpc) is 2.69. The Balaban J connectivity index is 1.84. The molecule has 2 aromatic rings. The van der Waals surface area contributed by atoms with Crippen molar-refractivity contribution in [1.29, 1.82) is 0 Å². The van der Waals surface area contributed by atoms with Crippen LogP contribution in [-0.2, 0) is 9.53 Å². The first kappa shape index (κ1) is 18.7. The molecule has 0 saturated carbocycles. The van der Waals surface area contributed by atoms with Gasteiger partial charge in [-0.2, -0.15) is 0 Å². The number of carbonyl (C=O) groups is 2. The van der Waals surface area contributed by atoms with E-state index in [2.05, 4.69) is 0 Å². The zero-order valence-electron chi connectivity index (χ0n) is 15.0. The fraction of sp³-hybridized carbons (Fsp3) is 0.300. The molecule has 0 spiro atoms. The quantitative estimate of drug-likeness (QED) is 0.840. The SMILES string of the molecule is CCOc1ccccc1Oc1ccccc1C(=O)N1CCO[C@H](C(=O)O)C1. The molecule has 0 unspecified atom stereocenters. The standard InChI is InChI=1S/C20H21NO6/c1-2-25-16-9-5-6-10-17(16)27-15-8-4-3-7-14(15)19(22)21-11-12-26-18(13-21)20(23)24/h3-10,18H,2,11-13H2,1H3,(H,23,24)/t18-/m0/s1. The molecule has 1 amide bonds. The van der Waals surface area contributed by atoms with Crippen LogP contribution in [0.2, 0.25) is 0 Å². The van der Waals surface area contributed by atoms with E-state index in [1.54, 1.807) is 36.4 Å². The van der Waals surface area contributed by atoms with Gasteiger partial charge in [-0.1, -0.05) is 24.3 Å². The number of carbonyl (C=O) groups excluding carboxylic acids is 1. The van der Waals surface area contributed by atoms with Gasteiger partial charge < -0.3 is 24.2 Å². The van der Waals surface area contributed by atoms with Crippen LogP contribution in [0, 0.1) is 0 Å². The van der Waals surface area contributed by atoms with Crippen molar-refractivity contribution in [1.82, 2.24) is 4.90 Å². The lowest BCUT2D eigenvalue weighted by Crippen LogP contribution is -2.48. The molecular formula is C20H21NO6. The molecule has 1 heterocycles. The Morgan fingerprint density at radius 2 is 1.78 bits per heavy atom. The van der Waals surface area contributed by atoms with Gasteiger partial charge in [0.05, 0.1) is 25.3 Å². The molecule has 0 aromatic heterocycles. The van der Waals surface area contributed by atoms with Crippen molar-refractivity contribution in [2.24, 2.45) is 0 Å². The van der Waals surface area contributed by atoms with E-state index in [4.69, 9.17) is 19.3 Å². The molecule has 1 aliphatic heterocycles. The second kappa shape index (κ2) is 8.55. The Hall–Kier alpha value is -3.06. The third-order valence-corrected chi connectivity index (χ3v) is 4.12. The topological polar surface area (TPSA) is 85.3 Å². The summed E-state index contributed by atoms with van der Waals surface area (Å²) in [7, 11) is 0. The number of aliphatic carboxylic acids is 1. The van der Waals surface area contributed by atoms with Crippen molar-refractivity contribution < 1.29 is 28.9 Å². The van der Waals surface area contributed by atoms with Gasteiger partial charge in [-0.05, 0) is 31.2 Å². The van der Waals surface area contributed by atoms with Gasteiger partial charge in [-0.15, -0.1) is 0 Å². The summed E-state index contributed by atoms with van der Waals surface area (Å²) in [6.07, 6.45) is -1.02. The molecule has 1 aliphatic rings. The summed E-state index contributed by atoms with van der Waals surface area (Å²) in [4.78, 5) is 25.6. The molecule has 1 fully saturated rings. The second-order valence-corrected chi connectivity index (χ2v) is 5.93. The van der Waals surface area contributed by atoms with Crippen LogP contribution < -0.4 is 9.47 Å². The number of para-hydroxylation sites is 3. The fourth-order valence-corrected chi connectivity index (χ4v) is 2.81. The Morgan fingerprint density at radius 1 is 1.11 bits per heavy atom. The Morgan fingerprint density at radius 3 is 2.48 bits per heavy atom. The number of rotatable bonds is 6. The molecule has 0 bridgehead atoms. The van der Waals surface area contributed by atoms with Gasteiger partial charge in [-0.25, -0.2) is 4.79 Å². The summed E-state index contributed by atoms with van der Waals surface area (Å²) in [6, 6.07) is 14.1. The first-order chi connectivity index (χ1) is 13.1. The summed E-state index contributed by atoms with van der Waals surface area (Å²) >= 11 is 0. The van der Waals surface area contributed by atoms with Gasteiger partial charge in [0.15, 0.2) is 17.6 Å². The third-order valence-electron chi connectivity index (χ3n) is 4.12. The number of carboxylic acid groups (broad SMARTS) is 1. The zero-order valence-corrected chi connectivity index (χ0v) is 15.0. The lowest BCUT2D eigenvalue weighted by Gasteiger charge is -2.31. The number of amides is 1. The smallest absolute Gasteiger partial charge is 0.334 e. The van der Waals surface area contributed by atoms with Gasteiger partial charge in [-0.3, -0.25) is 4.79 Å². The molecular weight excluding hydrogens is 350 g/mol. The fourth-order valence-electron chi connectivity index (χ4n) is 2.81. The number of benzene rings is 2. The highest BCUT2D eigenvalue weighted by molar-refractivity contribution is 5.97. The normalized spacial score (nSPS) is 16.6. The largest absolute Gasteiger partial charge is 0.490 e. The first-order valence-electron chi connectivity index (χ1n) is 8.72. The molecule has 7 nitrogen and oxygen atoms in total. The van der Waals surface area contributed by atoms with Crippen molar-refractivity contribution in [3.8, 4) is 17.2 Å². The van der Waals surface area contributed by atoms with Crippen LogP contribution in [0.5, 0.6) is 17.2 Å². The molecule has 0 aliphatic carbocycles. The molecule has 142 valence electrons. The second-order valence-electron chi connectivity index (χ2n) is 5.93. The van der Waals surface area contributed by atoms with E-state index in [9.17, 15) is 9.59 Å². The maximum atomic E-state index is 13.0. The number of nitrogens with zero attached hydrogens (tertiary/aromatic N) is 1. The van der Waals surface area contributed by atoms with E-state index in [0.29, 0.717) is 36.0 Å². The van der Waals surface area contributed by atoms with E-state index in [0.717, 1.165) is 0 Å².